The summed E-state index contributed by atoms with van der Waals surface area (Å²) < 4.78 is 5.34. The first-order valence-electron chi connectivity index (χ1n) is 5.52. The molecule has 0 radical (unpaired) electrons. The molecule has 1 aromatic rings. The van der Waals surface area contributed by atoms with E-state index in [2.05, 4.69) is 24.0 Å². The van der Waals surface area contributed by atoms with Crippen molar-refractivity contribution in [2.75, 3.05) is 36.9 Å². The van der Waals surface area contributed by atoms with E-state index in [1.54, 1.807) is 0 Å². The monoisotopic (exact) mass is 206 g/mol. The number of anilines is 2. The van der Waals surface area contributed by atoms with E-state index in [1.165, 1.54) is 5.56 Å². The van der Waals surface area contributed by atoms with E-state index in [1.807, 2.05) is 6.07 Å². The molecule has 0 spiro atoms. The molecule has 0 atom stereocenters. The van der Waals surface area contributed by atoms with Crippen LogP contribution < -0.4 is 10.6 Å². The highest BCUT2D eigenvalue weighted by atomic mass is 16.5. The lowest BCUT2D eigenvalue weighted by atomic mass is 10.1. The fourth-order valence-corrected chi connectivity index (χ4v) is 1.89. The Morgan fingerprint density at radius 3 is 2.73 bits per heavy atom. The fraction of sp³-hybridized carbons (Fsp3) is 0.500. The largest absolute Gasteiger partial charge is 0.397 e. The van der Waals surface area contributed by atoms with Gasteiger partial charge in [-0.25, -0.2) is 0 Å². The molecule has 1 saturated heterocycles. The van der Waals surface area contributed by atoms with Crippen LogP contribution in [0.5, 0.6) is 0 Å². The maximum Gasteiger partial charge on any atom is 0.0642 e. The quantitative estimate of drug-likeness (QED) is 0.748. The van der Waals surface area contributed by atoms with Crippen LogP contribution in [0.2, 0.25) is 0 Å². The minimum Gasteiger partial charge on any atom is -0.397 e. The first-order chi connectivity index (χ1) is 7.31. The molecule has 2 N–H and O–H groups in total. The zero-order valence-electron chi connectivity index (χ0n) is 9.20. The number of rotatable bonds is 2. The minimum atomic E-state index is 0.801. The van der Waals surface area contributed by atoms with Crippen LogP contribution >= 0.6 is 0 Å². The summed E-state index contributed by atoms with van der Waals surface area (Å²) in [4.78, 5) is 2.30. The average molecular weight is 206 g/mol. The molecular weight excluding hydrogens is 188 g/mol. The number of morpholine rings is 1. The van der Waals surface area contributed by atoms with Gasteiger partial charge in [-0.05, 0) is 24.1 Å². The summed E-state index contributed by atoms with van der Waals surface area (Å²) >= 11 is 0. The van der Waals surface area contributed by atoms with Gasteiger partial charge in [0.2, 0.25) is 0 Å². The third-order valence-electron chi connectivity index (χ3n) is 2.85. The number of nitrogens with two attached hydrogens (primary N) is 1. The van der Waals surface area contributed by atoms with Gasteiger partial charge in [-0.2, -0.15) is 0 Å². The maximum absolute atomic E-state index is 5.99. The molecule has 0 unspecified atom stereocenters. The van der Waals surface area contributed by atoms with Crippen LogP contribution in [-0.2, 0) is 11.2 Å². The Morgan fingerprint density at radius 1 is 1.33 bits per heavy atom. The van der Waals surface area contributed by atoms with Crippen LogP contribution in [0.15, 0.2) is 18.2 Å². The second-order valence-corrected chi connectivity index (χ2v) is 3.85. The van der Waals surface area contributed by atoms with E-state index in [4.69, 9.17) is 10.5 Å². The molecule has 1 aromatic carbocycles. The van der Waals surface area contributed by atoms with E-state index in [0.717, 1.165) is 44.1 Å². The first kappa shape index (κ1) is 10.3. The number of nitrogens with zero attached hydrogens (tertiary/aromatic N) is 1. The molecule has 0 aliphatic carbocycles. The normalized spacial score (nSPS) is 16.7. The van der Waals surface area contributed by atoms with Gasteiger partial charge in [0.05, 0.1) is 24.6 Å². The van der Waals surface area contributed by atoms with Gasteiger partial charge in [-0.1, -0.05) is 13.0 Å². The predicted octanol–water partition coefficient (Wildman–Crippen LogP) is 1.67. The molecule has 1 fully saturated rings. The zero-order valence-corrected chi connectivity index (χ0v) is 9.20. The van der Waals surface area contributed by atoms with Gasteiger partial charge in [-0.15, -0.1) is 0 Å². The van der Waals surface area contributed by atoms with Crippen LogP contribution in [0.25, 0.3) is 0 Å². The summed E-state index contributed by atoms with van der Waals surface area (Å²) in [7, 11) is 0. The summed E-state index contributed by atoms with van der Waals surface area (Å²) in [6.45, 7) is 5.65. The number of ether oxygens (including phenoxy) is 1. The van der Waals surface area contributed by atoms with Gasteiger partial charge in [0.25, 0.3) is 0 Å². The highest BCUT2D eigenvalue weighted by molar-refractivity contribution is 5.68. The minimum absolute atomic E-state index is 0.801. The predicted molar refractivity (Wildman–Crippen MR) is 63.3 cm³/mol. The van der Waals surface area contributed by atoms with Crippen LogP contribution in [0.3, 0.4) is 0 Å². The van der Waals surface area contributed by atoms with Crippen molar-refractivity contribution in [1.82, 2.24) is 0 Å². The van der Waals surface area contributed by atoms with Crippen LogP contribution in [0.4, 0.5) is 11.4 Å². The van der Waals surface area contributed by atoms with E-state index < -0.39 is 0 Å². The number of benzene rings is 1. The Morgan fingerprint density at radius 2 is 2.07 bits per heavy atom. The summed E-state index contributed by atoms with van der Waals surface area (Å²) in [5.41, 5.74) is 9.37. The first-order valence-corrected chi connectivity index (χ1v) is 5.52. The Kier molecular flexibility index (Phi) is 3.11. The van der Waals surface area contributed by atoms with Crippen molar-refractivity contribution in [3.05, 3.63) is 23.8 Å². The van der Waals surface area contributed by atoms with Crippen molar-refractivity contribution >= 4 is 11.4 Å². The summed E-state index contributed by atoms with van der Waals surface area (Å²) in [5, 5.41) is 0. The zero-order chi connectivity index (χ0) is 10.7. The highest BCUT2D eigenvalue weighted by Gasteiger charge is 2.13. The van der Waals surface area contributed by atoms with Gasteiger partial charge in [0, 0.05) is 13.1 Å². The van der Waals surface area contributed by atoms with Crippen LogP contribution in [-0.4, -0.2) is 26.3 Å². The maximum atomic E-state index is 5.99. The van der Waals surface area contributed by atoms with Crippen molar-refractivity contribution in [2.45, 2.75) is 13.3 Å². The number of nitrogen functional groups attached to an aromatic ring is 1. The lowest BCUT2D eigenvalue weighted by molar-refractivity contribution is 0.123. The molecule has 3 heteroatoms. The third kappa shape index (κ3) is 2.23. The van der Waals surface area contributed by atoms with Crippen molar-refractivity contribution in [1.29, 1.82) is 0 Å². The number of hydrogen-bond donors (Lipinski definition) is 1. The van der Waals surface area contributed by atoms with Gasteiger partial charge in [0.15, 0.2) is 0 Å². The Hall–Kier alpha value is -1.22. The molecule has 1 aliphatic heterocycles. The molecule has 1 aliphatic rings. The van der Waals surface area contributed by atoms with Crippen molar-refractivity contribution < 1.29 is 4.74 Å². The standard InChI is InChI=1S/C12H18N2O/c1-2-10-3-4-11(13)12(9-10)14-5-7-15-8-6-14/h3-4,9H,2,5-8,13H2,1H3. The van der Waals surface area contributed by atoms with E-state index in [-0.39, 0.29) is 0 Å². The third-order valence-corrected chi connectivity index (χ3v) is 2.85. The molecule has 0 aromatic heterocycles. The van der Waals surface area contributed by atoms with Gasteiger partial charge >= 0.3 is 0 Å². The molecule has 0 saturated carbocycles. The Bertz CT molecular complexity index is 332. The molecule has 3 nitrogen and oxygen atoms in total. The van der Waals surface area contributed by atoms with Crippen molar-refractivity contribution in [2.24, 2.45) is 0 Å². The van der Waals surface area contributed by atoms with E-state index >= 15 is 0 Å². The molecule has 2 rings (SSSR count). The molecule has 1 heterocycles. The van der Waals surface area contributed by atoms with Gasteiger partial charge < -0.3 is 15.4 Å². The van der Waals surface area contributed by atoms with Crippen molar-refractivity contribution in [3.8, 4) is 0 Å². The summed E-state index contributed by atoms with van der Waals surface area (Å²) in [5.74, 6) is 0. The highest BCUT2D eigenvalue weighted by Crippen LogP contribution is 2.25. The molecule has 0 bridgehead atoms. The summed E-state index contributed by atoms with van der Waals surface area (Å²) in [6, 6.07) is 6.30. The lowest BCUT2D eigenvalue weighted by Crippen LogP contribution is -2.36. The topological polar surface area (TPSA) is 38.5 Å². The molecule has 0 amide bonds. The van der Waals surface area contributed by atoms with Crippen LogP contribution in [0.1, 0.15) is 12.5 Å². The van der Waals surface area contributed by atoms with E-state index in [0.29, 0.717) is 0 Å². The second kappa shape index (κ2) is 4.53. The average Bonchev–Trinajstić information content (AvgIpc) is 2.31. The SMILES string of the molecule is CCc1ccc(N)c(N2CCOCC2)c1. The smallest absolute Gasteiger partial charge is 0.0642 e. The molecular formula is C12H18N2O. The number of aryl methyl sites for hydroxylation is 1. The van der Waals surface area contributed by atoms with Crippen LogP contribution in [0, 0.1) is 0 Å². The van der Waals surface area contributed by atoms with Gasteiger partial charge in [0.1, 0.15) is 0 Å². The second-order valence-electron chi connectivity index (χ2n) is 3.85. The van der Waals surface area contributed by atoms with E-state index in [9.17, 15) is 0 Å². The lowest BCUT2D eigenvalue weighted by Gasteiger charge is -2.30. The van der Waals surface area contributed by atoms with Gasteiger partial charge in [-0.3, -0.25) is 0 Å². The Balaban J connectivity index is 2.24. The fourth-order valence-electron chi connectivity index (χ4n) is 1.89. The van der Waals surface area contributed by atoms with Crippen molar-refractivity contribution in [3.63, 3.8) is 0 Å². The molecule has 15 heavy (non-hydrogen) atoms. The Labute approximate surface area is 90.8 Å². The molecule has 82 valence electrons. The number of hydrogen-bond acceptors (Lipinski definition) is 3. The summed E-state index contributed by atoms with van der Waals surface area (Å²) in [6.07, 6.45) is 1.05.